The molecule has 142 valence electrons. The van der Waals surface area contributed by atoms with E-state index < -0.39 is 17.6 Å². The van der Waals surface area contributed by atoms with E-state index in [0.717, 1.165) is 12.1 Å². The van der Waals surface area contributed by atoms with Crippen LogP contribution in [-0.2, 0) is 9.59 Å². The predicted octanol–water partition coefficient (Wildman–Crippen LogP) is 3.74. The van der Waals surface area contributed by atoms with E-state index in [-0.39, 0.29) is 36.6 Å². The summed E-state index contributed by atoms with van der Waals surface area (Å²) in [4.78, 5) is 26.2. The SMILES string of the molecule is CC(C)Oc1ccccc1NC(=O)C1CC(=O)N(c2ccc(F)c(F)c2)C1. The average Bonchev–Trinajstić information content (AvgIpc) is 3.00. The molecule has 1 aliphatic rings. The Bertz CT molecular complexity index is 870. The van der Waals surface area contributed by atoms with Crippen LogP contribution in [0, 0.1) is 17.6 Å². The van der Waals surface area contributed by atoms with Gasteiger partial charge in [0, 0.05) is 24.7 Å². The number of hydrogen-bond donors (Lipinski definition) is 1. The summed E-state index contributed by atoms with van der Waals surface area (Å²) >= 11 is 0. The lowest BCUT2D eigenvalue weighted by atomic mass is 10.1. The Kier molecular flexibility index (Phi) is 5.39. The van der Waals surface area contributed by atoms with Gasteiger partial charge in [-0.25, -0.2) is 8.78 Å². The second-order valence-electron chi connectivity index (χ2n) is 6.66. The second-order valence-corrected chi connectivity index (χ2v) is 6.66. The molecule has 1 unspecified atom stereocenters. The molecule has 2 aromatic carbocycles. The van der Waals surface area contributed by atoms with Crippen molar-refractivity contribution in [2.75, 3.05) is 16.8 Å². The molecule has 0 saturated carbocycles. The van der Waals surface area contributed by atoms with Crippen molar-refractivity contribution in [3.05, 3.63) is 54.1 Å². The average molecular weight is 374 g/mol. The van der Waals surface area contributed by atoms with Crippen molar-refractivity contribution >= 4 is 23.2 Å². The van der Waals surface area contributed by atoms with Gasteiger partial charge in [0.15, 0.2) is 11.6 Å². The molecule has 27 heavy (non-hydrogen) atoms. The third-order valence-corrected chi connectivity index (χ3v) is 4.22. The summed E-state index contributed by atoms with van der Waals surface area (Å²) in [7, 11) is 0. The maximum Gasteiger partial charge on any atom is 0.229 e. The Morgan fingerprint density at radius 1 is 1.19 bits per heavy atom. The molecule has 0 aromatic heterocycles. The van der Waals surface area contributed by atoms with E-state index in [1.807, 2.05) is 13.8 Å². The number of nitrogens with one attached hydrogen (secondary N) is 1. The van der Waals surface area contributed by atoms with E-state index >= 15 is 0 Å². The van der Waals surface area contributed by atoms with E-state index in [1.54, 1.807) is 24.3 Å². The van der Waals surface area contributed by atoms with Crippen LogP contribution < -0.4 is 15.0 Å². The molecule has 0 spiro atoms. The summed E-state index contributed by atoms with van der Waals surface area (Å²) in [5, 5.41) is 2.79. The molecule has 0 bridgehead atoms. The van der Waals surface area contributed by atoms with Gasteiger partial charge in [-0.15, -0.1) is 0 Å². The lowest BCUT2D eigenvalue weighted by molar-refractivity contribution is -0.122. The zero-order valence-corrected chi connectivity index (χ0v) is 15.0. The van der Waals surface area contributed by atoms with Crippen LogP contribution in [0.4, 0.5) is 20.2 Å². The molecule has 5 nitrogen and oxygen atoms in total. The lowest BCUT2D eigenvalue weighted by Crippen LogP contribution is -2.28. The van der Waals surface area contributed by atoms with Crippen molar-refractivity contribution < 1.29 is 23.1 Å². The van der Waals surface area contributed by atoms with Gasteiger partial charge < -0.3 is 15.0 Å². The van der Waals surface area contributed by atoms with Gasteiger partial charge in [0.05, 0.1) is 17.7 Å². The maximum atomic E-state index is 13.4. The Hall–Kier alpha value is -2.96. The largest absolute Gasteiger partial charge is 0.489 e. The molecule has 1 saturated heterocycles. The van der Waals surface area contributed by atoms with E-state index in [1.165, 1.54) is 11.0 Å². The van der Waals surface area contributed by atoms with Gasteiger partial charge in [-0.05, 0) is 38.1 Å². The number of rotatable bonds is 5. The molecule has 1 fully saturated rings. The molecule has 7 heteroatoms. The first-order valence-corrected chi connectivity index (χ1v) is 8.67. The number of benzene rings is 2. The summed E-state index contributed by atoms with van der Waals surface area (Å²) in [6.07, 6.45) is -0.0575. The highest BCUT2D eigenvalue weighted by atomic mass is 19.2. The van der Waals surface area contributed by atoms with E-state index in [2.05, 4.69) is 5.32 Å². The molecule has 1 aliphatic heterocycles. The summed E-state index contributed by atoms with van der Waals surface area (Å²) in [5.74, 6) is -2.71. The van der Waals surface area contributed by atoms with Crippen molar-refractivity contribution in [1.82, 2.24) is 0 Å². The van der Waals surface area contributed by atoms with Crippen LogP contribution >= 0.6 is 0 Å². The lowest BCUT2D eigenvalue weighted by Gasteiger charge is -2.18. The van der Waals surface area contributed by atoms with Crippen LogP contribution in [-0.4, -0.2) is 24.5 Å². The van der Waals surface area contributed by atoms with Crippen molar-refractivity contribution in [1.29, 1.82) is 0 Å². The highest BCUT2D eigenvalue weighted by Gasteiger charge is 2.35. The minimum atomic E-state index is -1.03. The number of hydrogen-bond acceptors (Lipinski definition) is 3. The number of carbonyl (C=O) groups excluding carboxylic acids is 2. The van der Waals surface area contributed by atoms with E-state index in [9.17, 15) is 18.4 Å². The maximum absolute atomic E-state index is 13.4. The summed E-state index contributed by atoms with van der Waals surface area (Å²) < 4.78 is 32.2. The van der Waals surface area contributed by atoms with Gasteiger partial charge in [-0.1, -0.05) is 12.1 Å². The third-order valence-electron chi connectivity index (χ3n) is 4.22. The molecular weight excluding hydrogens is 354 g/mol. The highest BCUT2D eigenvalue weighted by Crippen LogP contribution is 2.29. The number of carbonyl (C=O) groups is 2. The van der Waals surface area contributed by atoms with Crippen molar-refractivity contribution in [3.8, 4) is 5.75 Å². The fraction of sp³-hybridized carbons (Fsp3) is 0.300. The van der Waals surface area contributed by atoms with Gasteiger partial charge in [0.1, 0.15) is 5.75 Å². The Morgan fingerprint density at radius 2 is 1.93 bits per heavy atom. The number of anilines is 2. The molecule has 0 radical (unpaired) electrons. The van der Waals surface area contributed by atoms with Crippen LogP contribution in [0.15, 0.2) is 42.5 Å². The second kappa shape index (κ2) is 7.73. The molecule has 1 heterocycles. The van der Waals surface area contributed by atoms with E-state index in [0.29, 0.717) is 11.4 Å². The zero-order chi connectivity index (χ0) is 19.6. The molecular formula is C20H20F2N2O3. The predicted molar refractivity (Wildman–Crippen MR) is 97.7 cm³/mol. The molecule has 3 rings (SSSR count). The number of nitrogens with zero attached hydrogens (tertiary/aromatic N) is 1. The number of ether oxygens (including phenoxy) is 1. The minimum Gasteiger partial charge on any atom is -0.489 e. The fourth-order valence-electron chi connectivity index (χ4n) is 2.95. The topological polar surface area (TPSA) is 58.6 Å². The van der Waals surface area contributed by atoms with Crippen LogP contribution in [0.5, 0.6) is 5.75 Å². The quantitative estimate of drug-likeness (QED) is 0.867. The highest BCUT2D eigenvalue weighted by molar-refractivity contribution is 6.03. The van der Waals surface area contributed by atoms with Crippen LogP contribution in [0.1, 0.15) is 20.3 Å². The fourth-order valence-corrected chi connectivity index (χ4v) is 2.95. The van der Waals surface area contributed by atoms with Crippen molar-refractivity contribution in [3.63, 3.8) is 0 Å². The smallest absolute Gasteiger partial charge is 0.229 e. The summed E-state index contributed by atoms with van der Waals surface area (Å²) in [6.45, 7) is 3.87. The first-order valence-electron chi connectivity index (χ1n) is 8.67. The summed E-state index contributed by atoms with van der Waals surface area (Å²) in [6, 6.07) is 10.3. The van der Waals surface area contributed by atoms with Gasteiger partial charge in [-0.2, -0.15) is 0 Å². The Balaban J connectivity index is 1.72. The molecule has 1 N–H and O–H groups in total. The third kappa shape index (κ3) is 4.24. The normalized spacial score (nSPS) is 16.7. The van der Waals surface area contributed by atoms with Gasteiger partial charge in [0.2, 0.25) is 11.8 Å². The standard InChI is InChI=1S/C20H20F2N2O3/c1-12(2)27-18-6-4-3-5-17(18)23-20(26)13-9-19(25)24(11-13)14-7-8-15(21)16(22)10-14/h3-8,10,12-13H,9,11H2,1-2H3,(H,23,26). The summed E-state index contributed by atoms with van der Waals surface area (Å²) in [5.41, 5.74) is 0.757. The van der Waals surface area contributed by atoms with Crippen LogP contribution in [0.25, 0.3) is 0 Å². The monoisotopic (exact) mass is 374 g/mol. The Labute approximate surface area is 155 Å². The zero-order valence-electron chi connectivity index (χ0n) is 15.0. The number of amides is 2. The van der Waals surface area contributed by atoms with Gasteiger partial charge in [0.25, 0.3) is 0 Å². The van der Waals surface area contributed by atoms with Gasteiger partial charge in [-0.3, -0.25) is 9.59 Å². The molecule has 2 aromatic rings. The molecule has 2 amide bonds. The first kappa shape index (κ1) is 18.8. The van der Waals surface area contributed by atoms with Crippen LogP contribution in [0.2, 0.25) is 0 Å². The number of halogens is 2. The minimum absolute atomic E-state index is 0.00195. The van der Waals surface area contributed by atoms with Crippen molar-refractivity contribution in [2.24, 2.45) is 5.92 Å². The first-order chi connectivity index (χ1) is 12.8. The van der Waals surface area contributed by atoms with Gasteiger partial charge >= 0.3 is 0 Å². The molecule has 0 aliphatic carbocycles. The number of para-hydroxylation sites is 2. The Morgan fingerprint density at radius 3 is 2.63 bits per heavy atom. The van der Waals surface area contributed by atoms with E-state index in [4.69, 9.17) is 4.74 Å². The van der Waals surface area contributed by atoms with Crippen molar-refractivity contribution in [2.45, 2.75) is 26.4 Å². The molecule has 1 atom stereocenters. The van der Waals surface area contributed by atoms with Crippen LogP contribution in [0.3, 0.4) is 0 Å².